The molecule has 5 atom stereocenters. The molecule has 0 radical (unpaired) electrons. The standard InChI is InChI=1S/C22H35O4P/c1-21-15-17(8-4-7-13-27(2,25)26)14-19(21)18(20(23)16-21)9-12-22(24)10-5-3-6-11-22/h8,18-20,23-24H,3-7,10-11,13-16H2,1-2H3,(H,25,26)/b17-8+/t18-,19?,20-,21+/m1/s1. The van der Waals surface area contributed by atoms with Crippen LogP contribution in [0.15, 0.2) is 11.6 Å². The van der Waals surface area contributed by atoms with Crippen molar-refractivity contribution in [1.82, 2.24) is 0 Å². The SMILES string of the molecule is C[C@@]12C/C(=C/CCCP(C)(=O)O)CC1[C@@H](C#CC1(O)CCCCC1)[C@H](O)C2. The number of fused-ring (bicyclic) bond motifs is 1. The van der Waals surface area contributed by atoms with Gasteiger partial charge in [-0.2, -0.15) is 0 Å². The third kappa shape index (κ3) is 5.27. The molecule has 3 aliphatic rings. The van der Waals surface area contributed by atoms with Crippen LogP contribution in [0.3, 0.4) is 0 Å². The van der Waals surface area contributed by atoms with Crippen LogP contribution in [0.2, 0.25) is 0 Å². The van der Waals surface area contributed by atoms with Gasteiger partial charge in [0.2, 0.25) is 0 Å². The Kier molecular flexibility index (Phi) is 6.29. The lowest BCUT2D eigenvalue weighted by atomic mass is 9.79. The van der Waals surface area contributed by atoms with Crippen molar-refractivity contribution in [3.05, 3.63) is 11.6 Å². The highest BCUT2D eigenvalue weighted by Gasteiger charge is 2.53. The summed E-state index contributed by atoms with van der Waals surface area (Å²) >= 11 is 0. The van der Waals surface area contributed by atoms with Crippen molar-refractivity contribution in [1.29, 1.82) is 0 Å². The third-order valence-electron chi connectivity index (χ3n) is 6.89. The van der Waals surface area contributed by atoms with E-state index in [0.717, 1.165) is 57.8 Å². The van der Waals surface area contributed by atoms with E-state index in [1.807, 2.05) is 0 Å². The number of aliphatic hydroxyl groups is 2. The molecule has 3 saturated carbocycles. The smallest absolute Gasteiger partial charge is 0.197 e. The van der Waals surface area contributed by atoms with Crippen LogP contribution >= 0.6 is 7.37 Å². The molecular formula is C22H35O4P. The third-order valence-corrected chi connectivity index (χ3v) is 8.04. The molecule has 4 nitrogen and oxygen atoms in total. The minimum atomic E-state index is -2.91. The summed E-state index contributed by atoms with van der Waals surface area (Å²) in [5.74, 6) is 6.74. The zero-order valence-electron chi connectivity index (χ0n) is 16.8. The van der Waals surface area contributed by atoms with Crippen molar-refractivity contribution >= 4 is 7.37 Å². The Balaban J connectivity index is 1.64. The average molecular weight is 394 g/mol. The molecule has 3 aliphatic carbocycles. The molecular weight excluding hydrogens is 359 g/mol. The molecule has 0 bridgehead atoms. The average Bonchev–Trinajstić information content (AvgIpc) is 2.99. The number of allylic oxidation sites excluding steroid dienone is 2. The van der Waals surface area contributed by atoms with Gasteiger partial charge in [-0.25, -0.2) is 0 Å². The molecule has 0 aromatic rings. The van der Waals surface area contributed by atoms with Crippen LogP contribution in [-0.2, 0) is 4.57 Å². The van der Waals surface area contributed by atoms with Crippen molar-refractivity contribution in [3.63, 3.8) is 0 Å². The Hall–Kier alpha value is -0.590. The summed E-state index contributed by atoms with van der Waals surface area (Å²) in [5.41, 5.74) is 0.630. The maximum Gasteiger partial charge on any atom is 0.197 e. The largest absolute Gasteiger partial charge is 0.392 e. The first kappa shape index (κ1) is 21.1. The van der Waals surface area contributed by atoms with Crippen LogP contribution in [-0.4, -0.2) is 39.6 Å². The molecule has 0 heterocycles. The topological polar surface area (TPSA) is 77.8 Å². The maximum atomic E-state index is 11.4. The monoisotopic (exact) mass is 394 g/mol. The van der Waals surface area contributed by atoms with E-state index < -0.39 is 19.1 Å². The lowest BCUT2D eigenvalue weighted by Gasteiger charge is -2.27. The molecule has 5 heteroatoms. The van der Waals surface area contributed by atoms with E-state index in [1.165, 1.54) is 18.7 Å². The fourth-order valence-corrected chi connectivity index (χ4v) is 6.20. The van der Waals surface area contributed by atoms with Crippen LogP contribution in [0.4, 0.5) is 0 Å². The van der Waals surface area contributed by atoms with Crippen LogP contribution in [0.5, 0.6) is 0 Å². The molecule has 0 spiro atoms. The number of hydrogen-bond acceptors (Lipinski definition) is 3. The summed E-state index contributed by atoms with van der Waals surface area (Å²) in [4.78, 5) is 9.40. The van der Waals surface area contributed by atoms with E-state index in [4.69, 9.17) is 0 Å². The van der Waals surface area contributed by atoms with Crippen LogP contribution in [0, 0.1) is 29.1 Å². The van der Waals surface area contributed by atoms with Crippen molar-refractivity contribution in [3.8, 4) is 11.8 Å². The Labute approximate surface area is 163 Å². The minimum Gasteiger partial charge on any atom is -0.392 e. The lowest BCUT2D eigenvalue weighted by Crippen LogP contribution is -2.30. The summed E-state index contributed by atoms with van der Waals surface area (Å²) < 4.78 is 11.4. The molecule has 27 heavy (non-hydrogen) atoms. The highest BCUT2D eigenvalue weighted by molar-refractivity contribution is 7.57. The van der Waals surface area contributed by atoms with Gasteiger partial charge in [0.05, 0.1) is 6.10 Å². The molecule has 0 aromatic heterocycles. The van der Waals surface area contributed by atoms with Crippen LogP contribution in [0.25, 0.3) is 0 Å². The zero-order valence-corrected chi connectivity index (χ0v) is 17.7. The first-order valence-corrected chi connectivity index (χ1v) is 12.8. The second-order valence-corrected chi connectivity index (χ2v) is 12.1. The maximum absolute atomic E-state index is 11.4. The van der Waals surface area contributed by atoms with Gasteiger partial charge in [-0.1, -0.05) is 36.8 Å². The zero-order chi connectivity index (χ0) is 19.7. The number of hydrogen-bond donors (Lipinski definition) is 3. The van der Waals surface area contributed by atoms with Crippen molar-refractivity contribution in [2.24, 2.45) is 17.3 Å². The van der Waals surface area contributed by atoms with Gasteiger partial charge in [0, 0.05) is 18.7 Å². The van der Waals surface area contributed by atoms with E-state index in [1.54, 1.807) is 0 Å². The van der Waals surface area contributed by atoms with Crippen LogP contribution in [0.1, 0.15) is 71.1 Å². The second kappa shape index (κ2) is 8.03. The Morgan fingerprint density at radius 3 is 2.67 bits per heavy atom. The summed E-state index contributed by atoms with van der Waals surface area (Å²) in [6.45, 7) is 3.68. The van der Waals surface area contributed by atoms with Gasteiger partial charge in [-0.15, -0.1) is 0 Å². The summed E-state index contributed by atoms with van der Waals surface area (Å²) in [5, 5.41) is 21.3. The number of aliphatic hydroxyl groups excluding tert-OH is 1. The predicted octanol–water partition coefficient (Wildman–Crippen LogP) is 4.09. The van der Waals surface area contributed by atoms with E-state index >= 15 is 0 Å². The van der Waals surface area contributed by atoms with E-state index in [2.05, 4.69) is 24.8 Å². The fourth-order valence-electron chi connectivity index (χ4n) is 5.43. The van der Waals surface area contributed by atoms with Gasteiger partial charge in [-0.05, 0) is 69.1 Å². The highest BCUT2D eigenvalue weighted by atomic mass is 31.2. The van der Waals surface area contributed by atoms with Gasteiger partial charge >= 0.3 is 0 Å². The van der Waals surface area contributed by atoms with Gasteiger partial charge in [0.1, 0.15) is 5.60 Å². The second-order valence-electron chi connectivity index (χ2n) is 9.58. The van der Waals surface area contributed by atoms with Gasteiger partial charge in [0.25, 0.3) is 0 Å². The summed E-state index contributed by atoms with van der Waals surface area (Å²) in [6, 6.07) is 0. The van der Waals surface area contributed by atoms with E-state index in [-0.39, 0.29) is 11.3 Å². The van der Waals surface area contributed by atoms with Gasteiger partial charge in [-0.3, -0.25) is 4.57 Å². The highest BCUT2D eigenvalue weighted by Crippen LogP contribution is 2.58. The normalized spacial score (nSPS) is 38.9. The van der Waals surface area contributed by atoms with Crippen molar-refractivity contribution in [2.75, 3.05) is 12.8 Å². The molecule has 3 rings (SSSR count). The Morgan fingerprint density at radius 1 is 1.30 bits per heavy atom. The predicted molar refractivity (Wildman–Crippen MR) is 109 cm³/mol. The molecule has 2 unspecified atom stereocenters. The number of rotatable bonds is 4. The van der Waals surface area contributed by atoms with Gasteiger partial charge < -0.3 is 15.1 Å². The fraction of sp³-hybridized carbons (Fsp3) is 0.818. The van der Waals surface area contributed by atoms with E-state index in [9.17, 15) is 19.7 Å². The van der Waals surface area contributed by atoms with Crippen molar-refractivity contribution < 1.29 is 19.7 Å². The van der Waals surface area contributed by atoms with E-state index in [0.29, 0.717) is 12.1 Å². The first-order chi connectivity index (χ1) is 12.6. The molecule has 152 valence electrons. The van der Waals surface area contributed by atoms with Crippen molar-refractivity contribution in [2.45, 2.75) is 82.8 Å². The Bertz CT molecular complexity index is 676. The minimum absolute atomic E-state index is 0.0554. The summed E-state index contributed by atoms with van der Waals surface area (Å²) in [6.07, 6.45) is 11.3. The molecule has 3 N–H and O–H groups in total. The molecule has 3 fully saturated rings. The summed E-state index contributed by atoms with van der Waals surface area (Å²) in [7, 11) is -2.91. The molecule has 0 aliphatic heterocycles. The Morgan fingerprint density at radius 2 is 2.00 bits per heavy atom. The van der Waals surface area contributed by atoms with Gasteiger partial charge in [0.15, 0.2) is 7.37 Å². The van der Waals surface area contributed by atoms with Crippen LogP contribution < -0.4 is 0 Å². The lowest BCUT2D eigenvalue weighted by molar-refractivity contribution is 0.0604. The first-order valence-electron chi connectivity index (χ1n) is 10.5. The molecule has 0 saturated heterocycles. The molecule has 0 amide bonds. The quantitative estimate of drug-likeness (QED) is 0.290. The number of unbranched alkanes of at least 4 members (excludes halogenated alkanes) is 1. The molecule has 0 aromatic carbocycles.